The summed E-state index contributed by atoms with van der Waals surface area (Å²) < 4.78 is 11.6. The standard InChI is InChI=1S/C14H18ClNO2/c1-8-2-3-12(18-8)13(16)11-7-10(15)6-9-4-5-17-14(9)11/h6-8,12-13H,2-5,16H2,1H3. The monoisotopic (exact) mass is 267 g/mol. The van der Waals surface area contributed by atoms with Crippen LogP contribution in [0.2, 0.25) is 5.02 Å². The number of nitrogens with two attached hydrogens (primary N) is 1. The Labute approximate surface area is 112 Å². The predicted molar refractivity (Wildman–Crippen MR) is 71.1 cm³/mol. The van der Waals surface area contributed by atoms with E-state index >= 15 is 0 Å². The van der Waals surface area contributed by atoms with Crippen LogP contribution in [0.25, 0.3) is 0 Å². The van der Waals surface area contributed by atoms with E-state index in [9.17, 15) is 0 Å². The molecule has 3 atom stereocenters. The van der Waals surface area contributed by atoms with Crippen LogP contribution in [-0.4, -0.2) is 18.8 Å². The van der Waals surface area contributed by atoms with E-state index in [0.29, 0.717) is 6.10 Å². The molecule has 2 N–H and O–H groups in total. The summed E-state index contributed by atoms with van der Waals surface area (Å²) in [5, 5.41) is 0.732. The molecule has 1 aromatic carbocycles. The van der Waals surface area contributed by atoms with Crippen LogP contribution in [0.3, 0.4) is 0 Å². The second-order valence-corrected chi connectivity index (χ2v) is 5.61. The number of ether oxygens (including phenoxy) is 2. The Morgan fingerprint density at radius 1 is 1.39 bits per heavy atom. The Balaban J connectivity index is 1.92. The molecule has 0 radical (unpaired) electrons. The molecule has 1 aromatic rings. The molecule has 3 rings (SSSR count). The molecule has 0 aliphatic carbocycles. The molecule has 2 aliphatic heterocycles. The molecule has 98 valence electrons. The van der Waals surface area contributed by atoms with E-state index in [1.807, 2.05) is 12.1 Å². The summed E-state index contributed by atoms with van der Waals surface area (Å²) in [7, 11) is 0. The van der Waals surface area contributed by atoms with Crippen molar-refractivity contribution >= 4 is 11.6 Å². The zero-order valence-corrected chi connectivity index (χ0v) is 11.2. The molecule has 3 unspecified atom stereocenters. The van der Waals surface area contributed by atoms with Crippen LogP contribution in [0.1, 0.15) is 36.9 Å². The van der Waals surface area contributed by atoms with Gasteiger partial charge in [0.05, 0.1) is 24.9 Å². The van der Waals surface area contributed by atoms with Crippen LogP contribution in [-0.2, 0) is 11.2 Å². The first-order valence-electron chi connectivity index (χ1n) is 6.51. The molecule has 2 aliphatic rings. The van der Waals surface area contributed by atoms with Crippen molar-refractivity contribution in [3.05, 3.63) is 28.3 Å². The first kappa shape index (κ1) is 12.3. The maximum Gasteiger partial charge on any atom is 0.127 e. The number of fused-ring (bicyclic) bond motifs is 1. The Bertz CT molecular complexity index is 463. The first-order valence-corrected chi connectivity index (χ1v) is 6.89. The average molecular weight is 268 g/mol. The number of benzene rings is 1. The number of halogens is 1. The molecule has 2 heterocycles. The summed E-state index contributed by atoms with van der Waals surface area (Å²) >= 11 is 6.16. The molecule has 1 saturated heterocycles. The normalized spacial score (nSPS) is 27.9. The van der Waals surface area contributed by atoms with E-state index in [1.54, 1.807) is 0 Å². The average Bonchev–Trinajstić information content (AvgIpc) is 2.95. The third-order valence-corrected chi connectivity index (χ3v) is 4.02. The maximum atomic E-state index is 6.34. The van der Waals surface area contributed by atoms with Crippen LogP contribution >= 0.6 is 11.6 Å². The summed E-state index contributed by atoms with van der Waals surface area (Å²) in [6.45, 7) is 2.81. The van der Waals surface area contributed by atoms with Crippen molar-refractivity contribution in [1.29, 1.82) is 0 Å². The Morgan fingerprint density at radius 3 is 2.94 bits per heavy atom. The van der Waals surface area contributed by atoms with Gasteiger partial charge in [-0.15, -0.1) is 0 Å². The van der Waals surface area contributed by atoms with Crippen LogP contribution < -0.4 is 10.5 Å². The van der Waals surface area contributed by atoms with E-state index in [1.165, 1.54) is 5.56 Å². The molecule has 18 heavy (non-hydrogen) atoms. The molecule has 0 spiro atoms. The minimum Gasteiger partial charge on any atom is -0.493 e. The minimum atomic E-state index is -0.152. The first-order chi connectivity index (χ1) is 8.65. The molecule has 1 fully saturated rings. The molecular weight excluding hydrogens is 250 g/mol. The van der Waals surface area contributed by atoms with Crippen LogP contribution in [0.5, 0.6) is 5.75 Å². The summed E-state index contributed by atoms with van der Waals surface area (Å²) in [6.07, 6.45) is 3.37. The van der Waals surface area contributed by atoms with Crippen molar-refractivity contribution < 1.29 is 9.47 Å². The van der Waals surface area contributed by atoms with Crippen molar-refractivity contribution in [2.45, 2.75) is 44.4 Å². The number of hydrogen-bond donors (Lipinski definition) is 1. The lowest BCUT2D eigenvalue weighted by Gasteiger charge is -2.22. The molecular formula is C14H18ClNO2. The van der Waals surface area contributed by atoms with Gasteiger partial charge in [-0.2, -0.15) is 0 Å². The third kappa shape index (κ3) is 2.11. The minimum absolute atomic E-state index is 0.0757. The molecule has 0 aromatic heterocycles. The van der Waals surface area contributed by atoms with E-state index < -0.39 is 0 Å². The lowest BCUT2D eigenvalue weighted by atomic mass is 9.97. The second-order valence-electron chi connectivity index (χ2n) is 5.17. The third-order valence-electron chi connectivity index (χ3n) is 3.80. The Hall–Kier alpha value is -0.770. The largest absolute Gasteiger partial charge is 0.493 e. The Morgan fingerprint density at radius 2 is 2.22 bits per heavy atom. The predicted octanol–water partition coefficient (Wildman–Crippen LogP) is 2.84. The van der Waals surface area contributed by atoms with Crippen molar-refractivity contribution in [3.63, 3.8) is 0 Å². The summed E-state index contributed by atoms with van der Waals surface area (Å²) in [6, 6.07) is 3.74. The van der Waals surface area contributed by atoms with Gasteiger partial charge in [-0.25, -0.2) is 0 Å². The molecule has 4 heteroatoms. The van der Waals surface area contributed by atoms with Gasteiger partial charge in [-0.3, -0.25) is 0 Å². The topological polar surface area (TPSA) is 44.5 Å². The summed E-state index contributed by atoms with van der Waals surface area (Å²) in [4.78, 5) is 0. The van der Waals surface area contributed by atoms with Gasteiger partial charge in [0, 0.05) is 17.0 Å². The molecule has 0 bridgehead atoms. The van der Waals surface area contributed by atoms with Gasteiger partial charge in [0.1, 0.15) is 5.75 Å². The highest BCUT2D eigenvalue weighted by molar-refractivity contribution is 6.30. The van der Waals surface area contributed by atoms with Gasteiger partial charge in [0.15, 0.2) is 0 Å². The van der Waals surface area contributed by atoms with E-state index in [0.717, 1.165) is 42.2 Å². The lowest BCUT2D eigenvalue weighted by Crippen LogP contribution is -2.26. The van der Waals surface area contributed by atoms with Gasteiger partial charge in [0.25, 0.3) is 0 Å². The fraction of sp³-hybridized carbons (Fsp3) is 0.571. The van der Waals surface area contributed by atoms with Gasteiger partial charge in [-0.05, 0) is 37.5 Å². The summed E-state index contributed by atoms with van der Waals surface area (Å²) in [5.74, 6) is 0.926. The smallest absolute Gasteiger partial charge is 0.127 e. The van der Waals surface area contributed by atoms with E-state index in [-0.39, 0.29) is 12.1 Å². The van der Waals surface area contributed by atoms with Crippen LogP contribution in [0, 0.1) is 0 Å². The highest BCUT2D eigenvalue weighted by atomic mass is 35.5. The summed E-state index contributed by atoms with van der Waals surface area (Å²) in [5.41, 5.74) is 8.50. The number of hydrogen-bond acceptors (Lipinski definition) is 3. The number of rotatable bonds is 2. The van der Waals surface area contributed by atoms with Gasteiger partial charge < -0.3 is 15.2 Å². The van der Waals surface area contributed by atoms with Gasteiger partial charge in [-0.1, -0.05) is 11.6 Å². The van der Waals surface area contributed by atoms with Gasteiger partial charge >= 0.3 is 0 Å². The zero-order chi connectivity index (χ0) is 12.7. The SMILES string of the molecule is CC1CCC(C(N)c2cc(Cl)cc3c2OCC3)O1. The Kier molecular flexibility index (Phi) is 3.22. The van der Waals surface area contributed by atoms with Crippen molar-refractivity contribution in [3.8, 4) is 5.75 Å². The van der Waals surface area contributed by atoms with E-state index in [2.05, 4.69) is 6.92 Å². The molecule has 3 nitrogen and oxygen atoms in total. The van der Waals surface area contributed by atoms with Crippen LogP contribution in [0.4, 0.5) is 0 Å². The maximum absolute atomic E-state index is 6.34. The highest BCUT2D eigenvalue weighted by Crippen LogP contribution is 2.39. The van der Waals surface area contributed by atoms with Gasteiger partial charge in [0.2, 0.25) is 0 Å². The lowest BCUT2D eigenvalue weighted by molar-refractivity contribution is 0.0396. The molecule has 0 saturated carbocycles. The van der Waals surface area contributed by atoms with Crippen LogP contribution in [0.15, 0.2) is 12.1 Å². The van der Waals surface area contributed by atoms with E-state index in [4.69, 9.17) is 26.8 Å². The highest BCUT2D eigenvalue weighted by Gasteiger charge is 2.31. The fourth-order valence-corrected chi connectivity index (χ4v) is 3.09. The molecule has 0 amide bonds. The van der Waals surface area contributed by atoms with Crippen molar-refractivity contribution in [1.82, 2.24) is 0 Å². The fourth-order valence-electron chi connectivity index (χ4n) is 2.84. The zero-order valence-electron chi connectivity index (χ0n) is 10.5. The quantitative estimate of drug-likeness (QED) is 0.896. The van der Waals surface area contributed by atoms with Crippen molar-refractivity contribution in [2.24, 2.45) is 5.73 Å². The van der Waals surface area contributed by atoms with Crippen molar-refractivity contribution in [2.75, 3.05) is 6.61 Å². The second kappa shape index (κ2) is 4.72.